The van der Waals surface area contributed by atoms with Gasteiger partial charge in [-0.15, -0.1) is 0 Å². The smallest absolute Gasteiger partial charge is 0.323 e. The molecule has 6 heteroatoms. The van der Waals surface area contributed by atoms with Crippen LogP contribution in [0.1, 0.15) is 12.5 Å². The molecule has 0 radical (unpaired) electrons. The van der Waals surface area contributed by atoms with E-state index >= 15 is 0 Å². The predicted octanol–water partition coefficient (Wildman–Crippen LogP) is 0.544. The average molecular weight is 243 g/mol. The van der Waals surface area contributed by atoms with Crippen molar-refractivity contribution in [2.75, 3.05) is 12.4 Å². The number of thioether (sulfide) groups is 1. The maximum atomic E-state index is 11.2. The number of rotatable bonds is 6. The van der Waals surface area contributed by atoms with Gasteiger partial charge in [0.05, 0.1) is 12.8 Å². The first-order chi connectivity index (χ1) is 7.63. The summed E-state index contributed by atoms with van der Waals surface area (Å²) >= 11 is 1.60. The van der Waals surface area contributed by atoms with E-state index < -0.39 is 6.04 Å². The van der Waals surface area contributed by atoms with Crippen molar-refractivity contribution in [2.45, 2.75) is 18.7 Å². The zero-order valence-corrected chi connectivity index (χ0v) is 10.4. The summed E-state index contributed by atoms with van der Waals surface area (Å²) in [6, 6.07) is -0.540. The Morgan fingerprint density at radius 3 is 3.06 bits per heavy atom. The minimum absolute atomic E-state index is 0.332. The molecule has 0 aliphatic heterocycles. The molecule has 0 bridgehead atoms. The summed E-state index contributed by atoms with van der Waals surface area (Å²) in [5.41, 5.74) is 6.78. The highest BCUT2D eigenvalue weighted by molar-refractivity contribution is 7.98. The SMILES string of the molecule is CCOC(=O)C(N)CSCc1cnn(C)c1. The lowest BCUT2D eigenvalue weighted by atomic mass is 10.4. The van der Waals surface area contributed by atoms with Crippen LogP contribution in [0.15, 0.2) is 12.4 Å². The number of esters is 1. The van der Waals surface area contributed by atoms with Crippen LogP contribution in [-0.2, 0) is 22.3 Å². The number of carbonyl (C=O) groups excluding carboxylic acids is 1. The van der Waals surface area contributed by atoms with Gasteiger partial charge in [0, 0.05) is 24.8 Å². The van der Waals surface area contributed by atoms with Gasteiger partial charge in [-0.25, -0.2) is 0 Å². The van der Waals surface area contributed by atoms with Gasteiger partial charge in [0.15, 0.2) is 0 Å². The maximum absolute atomic E-state index is 11.2. The second-order valence-corrected chi connectivity index (χ2v) is 4.43. The molecule has 16 heavy (non-hydrogen) atoms. The van der Waals surface area contributed by atoms with E-state index in [1.165, 1.54) is 0 Å². The zero-order chi connectivity index (χ0) is 12.0. The minimum atomic E-state index is -0.540. The minimum Gasteiger partial charge on any atom is -0.465 e. The number of nitrogens with two attached hydrogens (primary N) is 1. The molecular formula is C10H17N3O2S. The van der Waals surface area contributed by atoms with Gasteiger partial charge in [-0.2, -0.15) is 16.9 Å². The Morgan fingerprint density at radius 2 is 2.50 bits per heavy atom. The Hall–Kier alpha value is -1.01. The first-order valence-electron chi connectivity index (χ1n) is 5.11. The van der Waals surface area contributed by atoms with Gasteiger partial charge < -0.3 is 10.5 Å². The molecule has 0 aliphatic rings. The monoisotopic (exact) mass is 243 g/mol. The van der Waals surface area contributed by atoms with Crippen molar-refractivity contribution >= 4 is 17.7 Å². The van der Waals surface area contributed by atoms with Crippen molar-refractivity contribution < 1.29 is 9.53 Å². The molecular weight excluding hydrogens is 226 g/mol. The van der Waals surface area contributed by atoms with Gasteiger partial charge in [0.1, 0.15) is 6.04 Å². The van der Waals surface area contributed by atoms with Crippen molar-refractivity contribution in [3.8, 4) is 0 Å². The Labute approximate surface area is 99.3 Å². The Balaban J connectivity index is 2.22. The summed E-state index contributed by atoms with van der Waals surface area (Å²) in [6.07, 6.45) is 3.76. The highest BCUT2D eigenvalue weighted by atomic mass is 32.2. The largest absolute Gasteiger partial charge is 0.465 e. The summed E-state index contributed by atoms with van der Waals surface area (Å²) in [5, 5.41) is 4.06. The molecule has 0 saturated carbocycles. The van der Waals surface area contributed by atoms with E-state index in [-0.39, 0.29) is 5.97 Å². The molecule has 90 valence electrons. The molecule has 0 amide bonds. The summed E-state index contributed by atoms with van der Waals surface area (Å²) in [6.45, 7) is 2.15. The Kier molecular flexibility index (Phi) is 5.34. The number of hydrogen-bond donors (Lipinski definition) is 1. The molecule has 1 rings (SSSR count). The standard InChI is InChI=1S/C10H17N3O2S/c1-3-15-10(14)9(11)7-16-6-8-4-12-13(2)5-8/h4-5,9H,3,6-7,11H2,1-2H3. The lowest BCUT2D eigenvalue weighted by Gasteiger charge is -2.09. The van der Waals surface area contributed by atoms with Crippen LogP contribution >= 0.6 is 11.8 Å². The van der Waals surface area contributed by atoms with Crippen molar-refractivity contribution in [3.63, 3.8) is 0 Å². The lowest BCUT2D eigenvalue weighted by Crippen LogP contribution is -2.34. The molecule has 1 aromatic rings. The average Bonchev–Trinajstić information content (AvgIpc) is 2.64. The second-order valence-electron chi connectivity index (χ2n) is 3.40. The number of nitrogens with zero attached hydrogens (tertiary/aromatic N) is 2. The predicted molar refractivity (Wildman–Crippen MR) is 64.0 cm³/mol. The number of carbonyl (C=O) groups is 1. The van der Waals surface area contributed by atoms with Crippen LogP contribution in [0.5, 0.6) is 0 Å². The van der Waals surface area contributed by atoms with Crippen LogP contribution in [0.2, 0.25) is 0 Å². The third kappa shape index (κ3) is 4.24. The van der Waals surface area contributed by atoms with E-state index in [0.717, 1.165) is 11.3 Å². The lowest BCUT2D eigenvalue weighted by molar-refractivity contribution is -0.144. The van der Waals surface area contributed by atoms with E-state index in [1.54, 1.807) is 23.4 Å². The van der Waals surface area contributed by atoms with Crippen LogP contribution in [0.3, 0.4) is 0 Å². The molecule has 1 atom stereocenters. The van der Waals surface area contributed by atoms with E-state index in [9.17, 15) is 4.79 Å². The van der Waals surface area contributed by atoms with Crippen molar-refractivity contribution in [1.82, 2.24) is 9.78 Å². The van der Waals surface area contributed by atoms with Crippen LogP contribution in [0.4, 0.5) is 0 Å². The summed E-state index contributed by atoms with van der Waals surface area (Å²) in [5.74, 6) is 1.04. The van der Waals surface area contributed by atoms with E-state index in [2.05, 4.69) is 5.10 Å². The Morgan fingerprint density at radius 1 is 1.75 bits per heavy atom. The van der Waals surface area contributed by atoms with E-state index in [1.807, 2.05) is 19.4 Å². The highest BCUT2D eigenvalue weighted by Crippen LogP contribution is 2.11. The fourth-order valence-electron chi connectivity index (χ4n) is 1.17. The first-order valence-corrected chi connectivity index (χ1v) is 6.26. The molecule has 0 fully saturated rings. The Bertz CT molecular complexity index is 341. The van der Waals surface area contributed by atoms with Gasteiger partial charge >= 0.3 is 5.97 Å². The van der Waals surface area contributed by atoms with Crippen molar-refractivity contribution in [1.29, 1.82) is 0 Å². The van der Waals surface area contributed by atoms with Crippen LogP contribution in [0.25, 0.3) is 0 Å². The molecule has 1 heterocycles. The van der Waals surface area contributed by atoms with Gasteiger partial charge in [-0.3, -0.25) is 9.48 Å². The van der Waals surface area contributed by atoms with Crippen LogP contribution < -0.4 is 5.73 Å². The molecule has 0 spiro atoms. The third-order valence-corrected chi connectivity index (χ3v) is 3.05. The fourth-order valence-corrected chi connectivity index (χ4v) is 2.06. The number of hydrogen-bond acceptors (Lipinski definition) is 5. The summed E-state index contributed by atoms with van der Waals surface area (Å²) in [7, 11) is 1.87. The molecule has 5 nitrogen and oxygen atoms in total. The van der Waals surface area contributed by atoms with Crippen molar-refractivity contribution in [2.24, 2.45) is 12.8 Å². The molecule has 0 aliphatic carbocycles. The fraction of sp³-hybridized carbons (Fsp3) is 0.600. The normalized spacial score (nSPS) is 12.4. The number of aryl methyl sites for hydroxylation is 1. The van der Waals surface area contributed by atoms with Gasteiger partial charge in [-0.1, -0.05) is 0 Å². The van der Waals surface area contributed by atoms with Gasteiger partial charge in [0.2, 0.25) is 0 Å². The van der Waals surface area contributed by atoms with E-state index in [0.29, 0.717) is 12.4 Å². The molecule has 1 unspecified atom stereocenters. The zero-order valence-electron chi connectivity index (χ0n) is 9.55. The van der Waals surface area contributed by atoms with Crippen LogP contribution in [-0.4, -0.2) is 34.2 Å². The summed E-state index contributed by atoms with van der Waals surface area (Å²) in [4.78, 5) is 11.2. The maximum Gasteiger partial charge on any atom is 0.323 e. The quantitative estimate of drug-likeness (QED) is 0.739. The first kappa shape index (κ1) is 13.1. The second kappa shape index (κ2) is 6.55. The summed E-state index contributed by atoms with van der Waals surface area (Å²) < 4.78 is 6.57. The van der Waals surface area contributed by atoms with Gasteiger partial charge in [-0.05, 0) is 12.5 Å². The topological polar surface area (TPSA) is 70.1 Å². The van der Waals surface area contributed by atoms with Crippen LogP contribution in [0, 0.1) is 0 Å². The molecule has 0 aromatic carbocycles. The van der Waals surface area contributed by atoms with E-state index in [4.69, 9.17) is 10.5 Å². The number of ether oxygens (including phenoxy) is 1. The third-order valence-electron chi connectivity index (χ3n) is 1.91. The molecule has 2 N–H and O–H groups in total. The van der Waals surface area contributed by atoms with Gasteiger partial charge in [0.25, 0.3) is 0 Å². The highest BCUT2D eigenvalue weighted by Gasteiger charge is 2.14. The van der Waals surface area contributed by atoms with Crippen molar-refractivity contribution in [3.05, 3.63) is 18.0 Å². The number of aromatic nitrogens is 2. The molecule has 0 saturated heterocycles. The molecule has 1 aromatic heterocycles.